The van der Waals surface area contributed by atoms with Crippen molar-refractivity contribution in [1.82, 2.24) is 9.97 Å². The Balaban J connectivity index is 1.53. The molecule has 0 fully saturated rings. The summed E-state index contributed by atoms with van der Waals surface area (Å²) in [6, 6.07) is 18.8. The molecule has 122 valence electrons. The van der Waals surface area contributed by atoms with Crippen LogP contribution in [0.4, 0.5) is 16.0 Å². The zero-order chi connectivity index (χ0) is 16.6. The summed E-state index contributed by atoms with van der Waals surface area (Å²) < 4.78 is 13.6. The Morgan fingerprint density at radius 1 is 0.833 bits per heavy atom. The van der Waals surface area contributed by atoms with E-state index in [2.05, 4.69) is 32.7 Å². The summed E-state index contributed by atoms with van der Waals surface area (Å²) in [4.78, 5) is 8.37. The summed E-state index contributed by atoms with van der Waals surface area (Å²) in [5, 5.41) is 6.40. The molecule has 2 N–H and O–H groups in total. The molecule has 1 aromatic heterocycles. The second-order valence-electron chi connectivity index (χ2n) is 5.40. The first kappa shape index (κ1) is 15.9. The first-order valence-electron chi connectivity index (χ1n) is 7.88. The number of hydrogen-bond acceptors (Lipinski definition) is 4. The van der Waals surface area contributed by atoms with Crippen LogP contribution in [0.3, 0.4) is 0 Å². The normalized spacial score (nSPS) is 10.4. The number of aromatic nitrogens is 2. The zero-order valence-corrected chi connectivity index (χ0v) is 13.2. The van der Waals surface area contributed by atoms with Crippen LogP contribution in [0.25, 0.3) is 0 Å². The van der Waals surface area contributed by atoms with Gasteiger partial charge in [0.05, 0.1) is 0 Å². The molecule has 0 bridgehead atoms. The summed E-state index contributed by atoms with van der Waals surface area (Å²) in [5.74, 6) is 1.19. The fourth-order valence-electron chi connectivity index (χ4n) is 2.36. The third kappa shape index (κ3) is 4.52. The van der Waals surface area contributed by atoms with Crippen molar-refractivity contribution in [2.24, 2.45) is 0 Å². The van der Waals surface area contributed by atoms with E-state index in [0.717, 1.165) is 18.8 Å². The van der Waals surface area contributed by atoms with E-state index >= 15 is 0 Å². The largest absolute Gasteiger partial charge is 0.370 e. The fourth-order valence-corrected chi connectivity index (χ4v) is 2.36. The molecule has 3 rings (SSSR count). The summed E-state index contributed by atoms with van der Waals surface area (Å²) in [5.41, 5.74) is 1.88. The van der Waals surface area contributed by atoms with Gasteiger partial charge in [-0.25, -0.2) is 14.4 Å². The van der Waals surface area contributed by atoms with Crippen molar-refractivity contribution in [2.45, 2.75) is 13.0 Å². The number of hydrogen-bond donors (Lipinski definition) is 2. The van der Waals surface area contributed by atoms with Crippen LogP contribution in [0.15, 0.2) is 67.0 Å². The molecule has 0 unspecified atom stereocenters. The Bertz CT molecular complexity index is 777. The Kier molecular flexibility index (Phi) is 5.35. The van der Waals surface area contributed by atoms with E-state index in [1.807, 2.05) is 30.3 Å². The van der Waals surface area contributed by atoms with Crippen molar-refractivity contribution < 1.29 is 4.39 Å². The molecule has 0 aliphatic carbocycles. The molecular formula is C19H19FN4. The molecule has 0 amide bonds. The number of benzene rings is 2. The first-order chi connectivity index (χ1) is 11.8. The lowest BCUT2D eigenvalue weighted by Gasteiger charge is -2.09. The average molecular weight is 322 g/mol. The number of nitrogens with one attached hydrogen (secondary N) is 2. The minimum atomic E-state index is -0.222. The van der Waals surface area contributed by atoms with Gasteiger partial charge in [-0.3, -0.25) is 0 Å². The van der Waals surface area contributed by atoms with Crippen LogP contribution in [0, 0.1) is 5.82 Å². The van der Waals surface area contributed by atoms with Crippen LogP contribution in [0.5, 0.6) is 0 Å². The van der Waals surface area contributed by atoms with E-state index in [-0.39, 0.29) is 5.82 Å². The molecule has 24 heavy (non-hydrogen) atoms. The van der Waals surface area contributed by atoms with Crippen molar-refractivity contribution >= 4 is 11.6 Å². The van der Waals surface area contributed by atoms with Gasteiger partial charge in [-0.2, -0.15) is 0 Å². The molecule has 0 aliphatic rings. The van der Waals surface area contributed by atoms with Gasteiger partial charge in [0.25, 0.3) is 0 Å². The highest BCUT2D eigenvalue weighted by Gasteiger charge is 2.02. The van der Waals surface area contributed by atoms with Crippen LogP contribution < -0.4 is 10.6 Å². The number of anilines is 2. The highest BCUT2D eigenvalue weighted by Crippen LogP contribution is 2.12. The van der Waals surface area contributed by atoms with Gasteiger partial charge in [0.2, 0.25) is 0 Å². The quantitative estimate of drug-likeness (QED) is 0.693. The second-order valence-corrected chi connectivity index (χ2v) is 5.40. The Morgan fingerprint density at radius 3 is 2.33 bits per heavy atom. The molecule has 0 aliphatic heterocycles. The molecule has 2 aromatic carbocycles. The minimum absolute atomic E-state index is 0.222. The van der Waals surface area contributed by atoms with E-state index < -0.39 is 0 Å². The smallest absolute Gasteiger partial charge is 0.131 e. The van der Waals surface area contributed by atoms with Crippen LogP contribution in [-0.4, -0.2) is 16.5 Å². The van der Waals surface area contributed by atoms with Crippen molar-refractivity contribution in [3.8, 4) is 0 Å². The highest BCUT2D eigenvalue weighted by molar-refractivity contribution is 5.46. The van der Waals surface area contributed by atoms with Crippen molar-refractivity contribution in [1.29, 1.82) is 0 Å². The summed E-state index contributed by atoms with van der Waals surface area (Å²) in [6.07, 6.45) is 2.41. The van der Waals surface area contributed by atoms with Crippen molar-refractivity contribution in [3.05, 3.63) is 83.9 Å². The van der Waals surface area contributed by atoms with E-state index in [1.165, 1.54) is 18.0 Å². The van der Waals surface area contributed by atoms with Gasteiger partial charge in [0.1, 0.15) is 23.8 Å². The third-order valence-electron chi connectivity index (χ3n) is 3.65. The number of halogens is 1. The molecule has 5 heteroatoms. The topological polar surface area (TPSA) is 49.8 Å². The van der Waals surface area contributed by atoms with Crippen LogP contribution in [0.1, 0.15) is 11.1 Å². The summed E-state index contributed by atoms with van der Waals surface area (Å²) in [7, 11) is 0. The maximum atomic E-state index is 13.6. The lowest BCUT2D eigenvalue weighted by Crippen LogP contribution is -2.08. The minimum Gasteiger partial charge on any atom is -0.370 e. The van der Waals surface area contributed by atoms with E-state index in [1.54, 1.807) is 12.1 Å². The van der Waals surface area contributed by atoms with Gasteiger partial charge in [-0.1, -0.05) is 48.5 Å². The Labute approximate surface area is 140 Å². The molecule has 3 aromatic rings. The number of rotatable bonds is 7. The molecule has 0 atom stereocenters. The van der Waals surface area contributed by atoms with Gasteiger partial charge < -0.3 is 10.6 Å². The Hall–Kier alpha value is -2.95. The first-order valence-corrected chi connectivity index (χ1v) is 7.88. The lowest BCUT2D eigenvalue weighted by molar-refractivity contribution is 0.613. The van der Waals surface area contributed by atoms with Gasteiger partial charge >= 0.3 is 0 Å². The standard InChI is InChI=1S/C19H19FN4/c20-17-9-5-4-8-16(17)13-22-19-12-18(23-14-24-19)21-11-10-15-6-2-1-3-7-15/h1-9,12,14H,10-11,13H2,(H2,21,22,23,24). The highest BCUT2D eigenvalue weighted by atomic mass is 19.1. The van der Waals surface area contributed by atoms with Gasteiger partial charge in [-0.15, -0.1) is 0 Å². The lowest BCUT2D eigenvalue weighted by atomic mass is 10.1. The maximum absolute atomic E-state index is 13.6. The molecule has 0 radical (unpaired) electrons. The summed E-state index contributed by atoms with van der Waals surface area (Å²) >= 11 is 0. The van der Waals surface area contributed by atoms with Crippen molar-refractivity contribution in [2.75, 3.05) is 17.2 Å². The van der Waals surface area contributed by atoms with E-state index in [9.17, 15) is 4.39 Å². The predicted molar refractivity (Wildman–Crippen MR) is 94.4 cm³/mol. The van der Waals surface area contributed by atoms with Crippen LogP contribution in [0.2, 0.25) is 0 Å². The fraction of sp³-hybridized carbons (Fsp3) is 0.158. The molecule has 0 spiro atoms. The van der Waals surface area contributed by atoms with E-state index in [0.29, 0.717) is 17.9 Å². The molecule has 1 heterocycles. The zero-order valence-electron chi connectivity index (χ0n) is 13.2. The second kappa shape index (κ2) is 8.06. The van der Waals surface area contributed by atoms with Crippen LogP contribution >= 0.6 is 0 Å². The van der Waals surface area contributed by atoms with Gasteiger partial charge in [-0.05, 0) is 18.1 Å². The molecule has 4 nitrogen and oxygen atoms in total. The monoisotopic (exact) mass is 322 g/mol. The van der Waals surface area contributed by atoms with Gasteiger partial charge in [0, 0.05) is 24.7 Å². The number of nitrogens with zero attached hydrogens (tertiary/aromatic N) is 2. The average Bonchev–Trinajstić information content (AvgIpc) is 2.62. The molecular weight excluding hydrogens is 303 g/mol. The summed E-state index contributed by atoms with van der Waals surface area (Å²) in [6.45, 7) is 1.17. The molecule has 0 saturated heterocycles. The third-order valence-corrected chi connectivity index (χ3v) is 3.65. The van der Waals surface area contributed by atoms with E-state index in [4.69, 9.17) is 0 Å². The molecule has 0 saturated carbocycles. The van der Waals surface area contributed by atoms with Gasteiger partial charge in [0.15, 0.2) is 0 Å². The Morgan fingerprint density at radius 2 is 1.54 bits per heavy atom. The van der Waals surface area contributed by atoms with Crippen LogP contribution in [-0.2, 0) is 13.0 Å². The SMILES string of the molecule is Fc1ccccc1CNc1cc(NCCc2ccccc2)ncn1. The van der Waals surface area contributed by atoms with Crippen molar-refractivity contribution in [3.63, 3.8) is 0 Å². The predicted octanol–water partition coefficient (Wildman–Crippen LogP) is 3.88. The maximum Gasteiger partial charge on any atom is 0.131 e.